The molecule has 2 N–H and O–H groups in total. The summed E-state index contributed by atoms with van der Waals surface area (Å²) in [5, 5.41) is 16.2. The molecule has 2 unspecified atom stereocenters. The van der Waals surface area contributed by atoms with Crippen molar-refractivity contribution in [3.8, 4) is 0 Å². The molecule has 1 aromatic heterocycles. The zero-order chi connectivity index (χ0) is 30.2. The van der Waals surface area contributed by atoms with Gasteiger partial charge in [-0.25, -0.2) is 14.2 Å². The molecule has 14 heteroatoms. The van der Waals surface area contributed by atoms with Crippen LogP contribution in [0.2, 0.25) is 0 Å². The number of carboxylic acids is 1. The number of hydrogen-bond acceptors (Lipinski definition) is 9. The van der Waals surface area contributed by atoms with E-state index in [0.29, 0.717) is 76.5 Å². The number of piperazine rings is 1. The number of aliphatic carboxylic acids is 1. The third kappa shape index (κ3) is 6.21. The van der Waals surface area contributed by atoms with E-state index in [0.717, 1.165) is 0 Å². The molecule has 2 atom stereocenters. The van der Waals surface area contributed by atoms with Gasteiger partial charge in [0.05, 0.1) is 23.6 Å². The molecule has 1 aromatic carbocycles. The van der Waals surface area contributed by atoms with Crippen LogP contribution in [0, 0.1) is 11.2 Å². The minimum atomic E-state index is -0.932. The highest BCUT2D eigenvalue weighted by Gasteiger charge is 2.42. The van der Waals surface area contributed by atoms with Crippen LogP contribution in [0.25, 0.3) is 0 Å². The summed E-state index contributed by atoms with van der Waals surface area (Å²) in [5.74, 6) is -1.24. The Labute approximate surface area is 261 Å². The van der Waals surface area contributed by atoms with Gasteiger partial charge >= 0.3 is 11.9 Å². The Kier molecular flexibility index (Phi) is 8.97. The number of benzene rings is 1. The summed E-state index contributed by atoms with van der Waals surface area (Å²) in [7, 11) is 0. The van der Waals surface area contributed by atoms with Gasteiger partial charge in [-0.3, -0.25) is 14.7 Å². The fourth-order valence-corrected chi connectivity index (χ4v) is 6.99. The Bertz CT molecular complexity index is 1450. The van der Waals surface area contributed by atoms with E-state index < -0.39 is 29.2 Å². The second-order valence-corrected chi connectivity index (χ2v) is 13.2. The summed E-state index contributed by atoms with van der Waals surface area (Å²) < 4.78 is 20.0. The van der Waals surface area contributed by atoms with Crippen molar-refractivity contribution in [1.29, 1.82) is 0 Å². The molecule has 0 amide bonds. The Balaban J connectivity index is 1.45. The monoisotopic (exact) mass is 678 g/mol. The summed E-state index contributed by atoms with van der Waals surface area (Å²) in [6.07, 6.45) is 1.69. The van der Waals surface area contributed by atoms with Crippen molar-refractivity contribution in [2.24, 2.45) is 10.4 Å². The predicted molar refractivity (Wildman–Crippen MR) is 165 cm³/mol. The third-order valence-electron chi connectivity index (χ3n) is 7.57. The number of amidine groups is 1. The van der Waals surface area contributed by atoms with Gasteiger partial charge in [0.2, 0.25) is 0 Å². The Morgan fingerprint density at radius 3 is 2.76 bits per heavy atom. The summed E-state index contributed by atoms with van der Waals surface area (Å²) in [6.45, 7) is 8.74. The van der Waals surface area contributed by atoms with E-state index in [1.165, 1.54) is 23.5 Å². The molecule has 42 heavy (non-hydrogen) atoms. The maximum Gasteiger partial charge on any atom is 0.338 e. The second-order valence-electron chi connectivity index (χ2n) is 11.1. The fourth-order valence-electron chi connectivity index (χ4n) is 5.45. The number of fused-ring (bicyclic) bond motifs is 1. The van der Waals surface area contributed by atoms with Crippen LogP contribution < -0.4 is 5.32 Å². The molecule has 2 aromatic rings. The number of ether oxygens (including phenoxy) is 1. The van der Waals surface area contributed by atoms with E-state index in [9.17, 15) is 19.1 Å². The van der Waals surface area contributed by atoms with E-state index in [-0.39, 0.29) is 12.6 Å². The van der Waals surface area contributed by atoms with Gasteiger partial charge in [0.1, 0.15) is 11.9 Å². The lowest BCUT2D eigenvalue weighted by Crippen LogP contribution is -2.53. The van der Waals surface area contributed by atoms with Crippen molar-refractivity contribution < 1.29 is 23.8 Å². The minimum absolute atomic E-state index is 0.0835. The SMILES string of the molecule is CCOC(=O)C1=C(CN2CCN3C(=S)N(CC(C)(C)C(=O)O)CC3C2)NC(c2nccs2)=NC1c1ccc(F)cc1Br. The minimum Gasteiger partial charge on any atom is -0.481 e. The van der Waals surface area contributed by atoms with Crippen LogP contribution in [-0.2, 0) is 14.3 Å². The fraction of sp³-hybridized carbons (Fsp3) is 0.464. The second kappa shape index (κ2) is 12.3. The maximum atomic E-state index is 14.0. The molecule has 3 aliphatic rings. The van der Waals surface area contributed by atoms with Crippen LogP contribution in [0.15, 0.2) is 50.5 Å². The number of halogens is 2. The first kappa shape index (κ1) is 30.5. The summed E-state index contributed by atoms with van der Waals surface area (Å²) in [6, 6.07) is 3.67. The number of carbonyl (C=O) groups is 2. The van der Waals surface area contributed by atoms with Gasteiger partial charge in [0.15, 0.2) is 16.0 Å². The van der Waals surface area contributed by atoms with Crippen molar-refractivity contribution >= 4 is 62.4 Å². The van der Waals surface area contributed by atoms with Crippen molar-refractivity contribution in [3.05, 3.63) is 61.9 Å². The molecule has 0 spiro atoms. The van der Waals surface area contributed by atoms with Crippen LogP contribution in [0.1, 0.15) is 37.4 Å². The lowest BCUT2D eigenvalue weighted by Gasteiger charge is -2.38. The summed E-state index contributed by atoms with van der Waals surface area (Å²) in [5.41, 5.74) is 0.709. The molecular weight excluding hydrogens is 647 g/mol. The van der Waals surface area contributed by atoms with E-state index in [1.54, 1.807) is 33.0 Å². The Hall–Kier alpha value is -2.94. The molecule has 5 rings (SSSR count). The number of hydrogen-bond donors (Lipinski definition) is 2. The van der Waals surface area contributed by atoms with Gasteiger partial charge in [-0.15, -0.1) is 11.3 Å². The van der Waals surface area contributed by atoms with Crippen LogP contribution in [-0.4, -0.2) is 99.6 Å². The third-order valence-corrected chi connectivity index (χ3v) is 9.53. The van der Waals surface area contributed by atoms with Gasteiger partial charge in [0, 0.05) is 61.0 Å². The smallest absolute Gasteiger partial charge is 0.338 e. The number of carbonyl (C=O) groups excluding carboxylic acids is 1. The predicted octanol–water partition coefficient (Wildman–Crippen LogP) is 3.65. The molecule has 0 radical (unpaired) electrons. The largest absolute Gasteiger partial charge is 0.481 e. The first-order valence-corrected chi connectivity index (χ1v) is 15.7. The zero-order valence-electron chi connectivity index (χ0n) is 23.5. The first-order valence-electron chi connectivity index (χ1n) is 13.6. The van der Waals surface area contributed by atoms with Crippen LogP contribution in [0.3, 0.4) is 0 Å². The number of nitrogens with one attached hydrogen (secondary N) is 1. The lowest BCUT2D eigenvalue weighted by molar-refractivity contribution is -0.147. The summed E-state index contributed by atoms with van der Waals surface area (Å²) >= 11 is 10.6. The number of aliphatic imine (C=N–C) groups is 1. The quantitative estimate of drug-likeness (QED) is 0.301. The number of thiocarbonyl (C=S) groups is 1. The standard InChI is InChI=1S/C28H32BrFN6O4S2/c1-4-40-25(37)21-20(14-34-8-9-36-17(12-34)13-35(27(36)41)15-28(2,3)26(38)39)32-23(24-31-7-10-42-24)33-22(21)18-6-5-16(30)11-19(18)29/h5-7,10-11,17,22H,4,8-9,12-15H2,1-3H3,(H,32,33)(H,38,39). The topological polar surface area (TPSA) is 111 Å². The van der Waals surface area contributed by atoms with E-state index in [1.807, 2.05) is 10.3 Å². The number of thiazole rings is 1. The molecule has 10 nitrogen and oxygen atoms in total. The van der Waals surface area contributed by atoms with E-state index in [2.05, 4.69) is 36.0 Å². The average molecular weight is 680 g/mol. The highest BCUT2D eigenvalue weighted by atomic mass is 79.9. The number of rotatable bonds is 9. The number of carboxylic acid groups (broad SMARTS) is 1. The number of aromatic nitrogens is 1. The van der Waals surface area contributed by atoms with Crippen molar-refractivity contribution in [2.45, 2.75) is 32.9 Å². The van der Waals surface area contributed by atoms with Crippen molar-refractivity contribution in [3.63, 3.8) is 0 Å². The van der Waals surface area contributed by atoms with E-state index in [4.69, 9.17) is 21.9 Å². The van der Waals surface area contributed by atoms with Gasteiger partial charge < -0.3 is 25.0 Å². The highest BCUT2D eigenvalue weighted by Crippen LogP contribution is 2.37. The maximum absolute atomic E-state index is 14.0. The zero-order valence-corrected chi connectivity index (χ0v) is 26.7. The highest BCUT2D eigenvalue weighted by molar-refractivity contribution is 9.10. The molecule has 2 saturated heterocycles. The molecular formula is C28H32BrFN6O4S2. The van der Waals surface area contributed by atoms with Gasteiger partial charge in [-0.05, 0) is 50.7 Å². The Morgan fingerprint density at radius 2 is 2.10 bits per heavy atom. The van der Waals surface area contributed by atoms with Gasteiger partial charge in [-0.1, -0.05) is 22.0 Å². The molecule has 224 valence electrons. The number of nitrogens with zero attached hydrogens (tertiary/aromatic N) is 5. The van der Waals surface area contributed by atoms with Crippen molar-refractivity contribution in [1.82, 2.24) is 25.0 Å². The van der Waals surface area contributed by atoms with Crippen molar-refractivity contribution in [2.75, 3.05) is 45.9 Å². The molecule has 0 bridgehead atoms. The molecule has 0 aliphatic carbocycles. The summed E-state index contributed by atoms with van der Waals surface area (Å²) in [4.78, 5) is 40.9. The van der Waals surface area contributed by atoms with Crippen LogP contribution >= 0.6 is 39.5 Å². The normalized spacial score (nSPS) is 21.3. The van der Waals surface area contributed by atoms with Crippen LogP contribution in [0.5, 0.6) is 0 Å². The van der Waals surface area contributed by atoms with Gasteiger partial charge in [0.25, 0.3) is 0 Å². The average Bonchev–Trinajstić information content (AvgIpc) is 3.57. The molecule has 2 fully saturated rings. The molecule has 3 aliphatic heterocycles. The van der Waals surface area contributed by atoms with E-state index >= 15 is 0 Å². The first-order chi connectivity index (χ1) is 20.0. The van der Waals surface area contributed by atoms with Gasteiger partial charge in [-0.2, -0.15) is 0 Å². The number of esters is 1. The lowest BCUT2D eigenvalue weighted by atomic mass is 9.93. The molecule has 0 saturated carbocycles. The Morgan fingerprint density at radius 1 is 1.31 bits per heavy atom. The molecule has 4 heterocycles. The van der Waals surface area contributed by atoms with Crippen LogP contribution in [0.4, 0.5) is 4.39 Å².